The third-order valence-electron chi connectivity index (χ3n) is 1.79. The first-order valence-electron chi connectivity index (χ1n) is 4.88. The lowest BCUT2D eigenvalue weighted by molar-refractivity contribution is 0.282. The lowest BCUT2D eigenvalue weighted by Crippen LogP contribution is -1.82. The second-order valence-electron chi connectivity index (χ2n) is 2.94. The van der Waals surface area contributed by atoms with Gasteiger partial charge in [-0.2, -0.15) is 0 Å². The van der Waals surface area contributed by atoms with Gasteiger partial charge in [-0.25, -0.2) is 0 Å². The number of hydrogen-bond donors (Lipinski definition) is 1. The molecule has 0 unspecified atom stereocenters. The third kappa shape index (κ3) is 9.48. The van der Waals surface area contributed by atoms with Gasteiger partial charge in [-0.05, 0) is 38.3 Å². The summed E-state index contributed by atoms with van der Waals surface area (Å²) in [5.74, 6) is 0. The Morgan fingerprint density at radius 2 is 1.75 bits per heavy atom. The Balaban J connectivity index is 2.96. The van der Waals surface area contributed by atoms with Gasteiger partial charge in [-0.3, -0.25) is 0 Å². The van der Waals surface area contributed by atoms with E-state index in [2.05, 4.69) is 11.8 Å². The largest absolute Gasteiger partial charge is 0.396 e. The highest BCUT2D eigenvalue weighted by molar-refractivity contribution is 4.81. The number of unbranched alkanes of at least 4 members (excludes halogenated alkanes) is 5. The first-order chi connectivity index (χ1) is 5.91. The second-order valence-corrected chi connectivity index (χ2v) is 2.94. The normalized spacial score (nSPS) is 9.17. The minimum Gasteiger partial charge on any atom is -0.396 e. The quantitative estimate of drug-likeness (QED) is 0.457. The van der Waals surface area contributed by atoms with Crippen LogP contribution in [0, 0.1) is 0 Å². The van der Waals surface area contributed by atoms with E-state index in [0.717, 1.165) is 12.8 Å². The molecule has 0 amide bonds. The molecular weight excluding hydrogens is 148 g/mol. The fourth-order valence-electron chi connectivity index (χ4n) is 1.09. The zero-order valence-corrected chi connectivity index (χ0v) is 8.05. The van der Waals surface area contributed by atoms with E-state index in [9.17, 15) is 0 Å². The van der Waals surface area contributed by atoms with E-state index in [1.807, 2.05) is 13.0 Å². The highest BCUT2D eigenvalue weighted by Gasteiger charge is 1.87. The Morgan fingerprint density at radius 1 is 1.08 bits per heavy atom. The van der Waals surface area contributed by atoms with E-state index < -0.39 is 0 Å². The SMILES string of the molecule is CC=C=CCCCCCCCO. The number of aliphatic hydroxyl groups is 1. The zero-order valence-electron chi connectivity index (χ0n) is 8.05. The molecule has 1 heteroatoms. The number of aliphatic hydroxyl groups excluding tert-OH is 1. The Bertz CT molecular complexity index is 132. The minimum atomic E-state index is 0.346. The highest BCUT2D eigenvalue weighted by atomic mass is 16.2. The van der Waals surface area contributed by atoms with Crippen molar-refractivity contribution in [3.05, 3.63) is 17.9 Å². The topological polar surface area (TPSA) is 20.2 Å². The predicted octanol–water partition coefficient (Wildman–Crippen LogP) is 3.05. The summed E-state index contributed by atoms with van der Waals surface area (Å²) in [7, 11) is 0. The van der Waals surface area contributed by atoms with Crippen molar-refractivity contribution in [3.63, 3.8) is 0 Å². The van der Waals surface area contributed by atoms with Gasteiger partial charge in [0, 0.05) is 6.61 Å². The lowest BCUT2D eigenvalue weighted by Gasteiger charge is -1.96. The van der Waals surface area contributed by atoms with Crippen molar-refractivity contribution >= 4 is 0 Å². The molecule has 12 heavy (non-hydrogen) atoms. The summed E-state index contributed by atoms with van der Waals surface area (Å²) in [6, 6.07) is 0. The van der Waals surface area contributed by atoms with Gasteiger partial charge in [0.1, 0.15) is 0 Å². The van der Waals surface area contributed by atoms with Crippen molar-refractivity contribution in [2.45, 2.75) is 45.4 Å². The number of allylic oxidation sites excluding steroid dienone is 1. The van der Waals surface area contributed by atoms with Crippen LogP contribution < -0.4 is 0 Å². The standard InChI is InChI=1S/C11H20O/c1-2-3-4-5-6-7-8-9-10-11-12/h2,4,12H,5-11H2,1H3. The zero-order chi connectivity index (χ0) is 9.07. The van der Waals surface area contributed by atoms with Crippen LogP contribution in [0.2, 0.25) is 0 Å². The van der Waals surface area contributed by atoms with Crippen molar-refractivity contribution in [3.8, 4) is 0 Å². The number of rotatable bonds is 7. The Labute approximate surface area is 75.8 Å². The predicted molar refractivity (Wildman–Crippen MR) is 53.1 cm³/mol. The van der Waals surface area contributed by atoms with E-state index in [1.165, 1.54) is 25.7 Å². The van der Waals surface area contributed by atoms with Crippen molar-refractivity contribution < 1.29 is 5.11 Å². The van der Waals surface area contributed by atoms with Gasteiger partial charge in [0.15, 0.2) is 0 Å². The van der Waals surface area contributed by atoms with Crippen LogP contribution in [0.25, 0.3) is 0 Å². The molecule has 0 aromatic rings. The fraction of sp³-hybridized carbons (Fsp3) is 0.727. The Morgan fingerprint density at radius 3 is 2.42 bits per heavy atom. The maximum absolute atomic E-state index is 8.52. The molecule has 0 aromatic heterocycles. The first-order valence-corrected chi connectivity index (χ1v) is 4.88. The molecule has 0 atom stereocenters. The lowest BCUT2D eigenvalue weighted by atomic mass is 10.1. The number of hydrogen-bond acceptors (Lipinski definition) is 1. The maximum Gasteiger partial charge on any atom is 0.0431 e. The molecule has 0 radical (unpaired) electrons. The Hall–Kier alpha value is -0.520. The van der Waals surface area contributed by atoms with Gasteiger partial charge >= 0.3 is 0 Å². The second kappa shape index (κ2) is 10.5. The van der Waals surface area contributed by atoms with Crippen molar-refractivity contribution in [2.75, 3.05) is 6.61 Å². The van der Waals surface area contributed by atoms with Gasteiger partial charge in [0.05, 0.1) is 0 Å². The monoisotopic (exact) mass is 168 g/mol. The van der Waals surface area contributed by atoms with Gasteiger partial charge in [0.2, 0.25) is 0 Å². The summed E-state index contributed by atoms with van der Waals surface area (Å²) in [6.07, 6.45) is 11.1. The maximum atomic E-state index is 8.52. The van der Waals surface area contributed by atoms with Crippen LogP contribution in [-0.2, 0) is 0 Å². The van der Waals surface area contributed by atoms with E-state index >= 15 is 0 Å². The van der Waals surface area contributed by atoms with E-state index in [4.69, 9.17) is 5.11 Å². The van der Waals surface area contributed by atoms with Crippen molar-refractivity contribution in [1.29, 1.82) is 0 Å². The molecule has 0 saturated heterocycles. The van der Waals surface area contributed by atoms with E-state index in [1.54, 1.807) is 0 Å². The summed E-state index contributed by atoms with van der Waals surface area (Å²) in [4.78, 5) is 0. The van der Waals surface area contributed by atoms with Crippen LogP contribution in [0.1, 0.15) is 45.4 Å². The van der Waals surface area contributed by atoms with Crippen molar-refractivity contribution in [2.24, 2.45) is 0 Å². The molecule has 1 nitrogen and oxygen atoms in total. The van der Waals surface area contributed by atoms with E-state index in [-0.39, 0.29) is 0 Å². The molecule has 0 saturated carbocycles. The summed E-state index contributed by atoms with van der Waals surface area (Å²) >= 11 is 0. The van der Waals surface area contributed by atoms with Gasteiger partial charge in [-0.1, -0.05) is 19.3 Å². The molecular formula is C11H20O. The minimum absolute atomic E-state index is 0.346. The van der Waals surface area contributed by atoms with Crippen LogP contribution in [0.4, 0.5) is 0 Å². The third-order valence-corrected chi connectivity index (χ3v) is 1.79. The van der Waals surface area contributed by atoms with Gasteiger partial charge in [-0.15, -0.1) is 5.73 Å². The summed E-state index contributed by atoms with van der Waals surface area (Å²) in [5.41, 5.74) is 3.06. The Kier molecular flexibility index (Phi) is 10.0. The fourth-order valence-corrected chi connectivity index (χ4v) is 1.09. The summed E-state index contributed by atoms with van der Waals surface area (Å²) in [6.45, 7) is 2.33. The summed E-state index contributed by atoms with van der Waals surface area (Å²) in [5, 5.41) is 8.52. The smallest absolute Gasteiger partial charge is 0.0431 e. The van der Waals surface area contributed by atoms with Gasteiger partial charge in [0.25, 0.3) is 0 Å². The molecule has 0 heterocycles. The molecule has 0 aliphatic carbocycles. The highest BCUT2D eigenvalue weighted by Crippen LogP contribution is 2.04. The molecule has 0 aliphatic rings. The molecule has 0 rings (SSSR count). The molecule has 1 N–H and O–H groups in total. The van der Waals surface area contributed by atoms with Gasteiger partial charge < -0.3 is 5.11 Å². The average Bonchev–Trinajstić information content (AvgIpc) is 2.10. The summed E-state index contributed by atoms with van der Waals surface area (Å²) < 4.78 is 0. The molecule has 0 fully saturated rings. The first kappa shape index (κ1) is 11.5. The van der Waals surface area contributed by atoms with E-state index in [0.29, 0.717) is 6.61 Å². The molecule has 0 spiro atoms. The van der Waals surface area contributed by atoms with Crippen LogP contribution in [0.5, 0.6) is 0 Å². The average molecular weight is 168 g/mol. The van der Waals surface area contributed by atoms with Crippen LogP contribution in [0.15, 0.2) is 17.9 Å². The van der Waals surface area contributed by atoms with Crippen molar-refractivity contribution in [1.82, 2.24) is 0 Å². The molecule has 0 bridgehead atoms. The van der Waals surface area contributed by atoms with Crippen LogP contribution in [0.3, 0.4) is 0 Å². The van der Waals surface area contributed by atoms with Crippen LogP contribution >= 0.6 is 0 Å². The molecule has 70 valence electrons. The van der Waals surface area contributed by atoms with Crippen LogP contribution in [-0.4, -0.2) is 11.7 Å². The molecule has 0 aliphatic heterocycles. The molecule has 0 aromatic carbocycles.